The number of halogens is 3. The van der Waals surface area contributed by atoms with Crippen molar-refractivity contribution in [1.29, 1.82) is 0 Å². The van der Waals surface area contributed by atoms with Gasteiger partial charge in [-0.05, 0) is 66.8 Å². The molecule has 1 amide bonds. The average molecular weight is 568 g/mol. The first kappa shape index (κ1) is 29.5. The van der Waals surface area contributed by atoms with Crippen LogP contribution < -0.4 is 5.32 Å². The number of aromatic nitrogens is 1. The summed E-state index contributed by atoms with van der Waals surface area (Å²) in [4.78, 5) is 20.1. The first-order chi connectivity index (χ1) is 18.3. The summed E-state index contributed by atoms with van der Waals surface area (Å²) in [6.45, 7) is 5.08. The Hall–Kier alpha value is -2.50. The molecule has 1 aliphatic heterocycles. The van der Waals surface area contributed by atoms with Crippen molar-refractivity contribution in [3.05, 3.63) is 58.9 Å². The summed E-state index contributed by atoms with van der Waals surface area (Å²) in [5, 5.41) is 12.7. The minimum absolute atomic E-state index is 0.0241. The fourth-order valence-corrected chi connectivity index (χ4v) is 6.50. The molecular weight excluding hydrogens is 531 g/mol. The van der Waals surface area contributed by atoms with Crippen LogP contribution >= 0.6 is 0 Å². The second kappa shape index (κ2) is 11.5. The van der Waals surface area contributed by atoms with E-state index in [1.807, 2.05) is 0 Å². The van der Waals surface area contributed by atoms with Gasteiger partial charge in [-0.25, -0.2) is 8.42 Å². The molecule has 0 radical (unpaired) electrons. The van der Waals surface area contributed by atoms with Crippen LogP contribution in [0.4, 0.5) is 13.2 Å². The third-order valence-corrected chi connectivity index (χ3v) is 9.07. The van der Waals surface area contributed by atoms with E-state index in [2.05, 4.69) is 29.0 Å². The van der Waals surface area contributed by atoms with Gasteiger partial charge in [0.1, 0.15) is 0 Å². The molecule has 1 aromatic carbocycles. The van der Waals surface area contributed by atoms with Crippen molar-refractivity contribution in [2.45, 2.75) is 69.2 Å². The lowest BCUT2D eigenvalue weighted by Crippen LogP contribution is -2.35. The zero-order valence-corrected chi connectivity index (χ0v) is 23.2. The summed E-state index contributed by atoms with van der Waals surface area (Å²) in [7, 11) is -3.36. The number of nitrogens with one attached hydrogen (secondary N) is 1. The van der Waals surface area contributed by atoms with E-state index in [0.717, 1.165) is 17.5 Å². The molecule has 7 nitrogen and oxygen atoms in total. The van der Waals surface area contributed by atoms with Gasteiger partial charge in [0.15, 0.2) is 9.84 Å². The van der Waals surface area contributed by atoms with Crippen LogP contribution in [-0.4, -0.2) is 54.9 Å². The molecule has 4 rings (SSSR count). The SMILES string of the molecule is CC(C)C1c2ncc(C(=O)N[C@@H](CO)c3ccc(S(C)(=O)=O)cc3)cc2CN1CC1CCC(C(F)(F)F)CC1. The molecule has 1 saturated carbocycles. The molecule has 2 atom stereocenters. The first-order valence-corrected chi connectivity index (χ1v) is 15.2. The number of aliphatic hydroxyl groups excluding tert-OH is 1. The Morgan fingerprint density at radius 3 is 2.33 bits per heavy atom. The van der Waals surface area contributed by atoms with E-state index < -0.39 is 33.9 Å². The van der Waals surface area contributed by atoms with Crippen molar-refractivity contribution >= 4 is 15.7 Å². The lowest BCUT2D eigenvalue weighted by atomic mass is 9.81. The van der Waals surface area contributed by atoms with Crippen molar-refractivity contribution in [1.82, 2.24) is 15.2 Å². The lowest BCUT2D eigenvalue weighted by molar-refractivity contribution is -0.184. The zero-order chi connectivity index (χ0) is 28.5. The monoisotopic (exact) mass is 567 g/mol. The molecule has 2 N–H and O–H groups in total. The van der Waals surface area contributed by atoms with Gasteiger partial charge in [0.2, 0.25) is 0 Å². The largest absolute Gasteiger partial charge is 0.394 e. The molecule has 2 heterocycles. The highest BCUT2D eigenvalue weighted by Gasteiger charge is 2.42. The predicted octanol–water partition coefficient (Wildman–Crippen LogP) is 4.83. The summed E-state index contributed by atoms with van der Waals surface area (Å²) < 4.78 is 62.7. The van der Waals surface area contributed by atoms with Gasteiger partial charge in [-0.1, -0.05) is 26.0 Å². The topological polar surface area (TPSA) is 99.6 Å². The number of carbonyl (C=O) groups is 1. The number of alkyl halides is 3. The van der Waals surface area contributed by atoms with E-state index in [0.29, 0.717) is 37.1 Å². The van der Waals surface area contributed by atoms with Crippen LogP contribution in [0.1, 0.15) is 78.8 Å². The van der Waals surface area contributed by atoms with Gasteiger partial charge in [-0.3, -0.25) is 14.7 Å². The molecule has 214 valence electrons. The summed E-state index contributed by atoms with van der Waals surface area (Å²) in [6, 6.07) is 7.09. The van der Waals surface area contributed by atoms with Crippen LogP contribution in [0.5, 0.6) is 0 Å². The maximum atomic E-state index is 13.1. The van der Waals surface area contributed by atoms with E-state index in [-0.39, 0.29) is 42.2 Å². The molecule has 1 aromatic heterocycles. The van der Waals surface area contributed by atoms with Crippen LogP contribution in [0.25, 0.3) is 0 Å². The maximum absolute atomic E-state index is 13.1. The minimum Gasteiger partial charge on any atom is -0.394 e. The summed E-state index contributed by atoms with van der Waals surface area (Å²) in [5.74, 6) is -1.19. The molecule has 1 aliphatic carbocycles. The molecular formula is C28H36F3N3O4S. The molecule has 0 spiro atoms. The van der Waals surface area contributed by atoms with Gasteiger partial charge in [-0.15, -0.1) is 0 Å². The number of rotatable bonds is 8. The third kappa shape index (κ3) is 6.81. The van der Waals surface area contributed by atoms with Gasteiger partial charge >= 0.3 is 6.18 Å². The van der Waals surface area contributed by atoms with Crippen molar-refractivity contribution in [3.63, 3.8) is 0 Å². The standard InChI is InChI=1S/C28H36F3N3O4S/c1-17(2)26-25-21(15-34(26)14-18-4-8-22(9-5-18)28(29,30)31)12-20(13-32-25)27(36)33-24(16-35)19-6-10-23(11-7-19)39(3,37)38/h6-7,10-13,17-18,22,24,26,35H,4-5,8-9,14-16H2,1-3H3,(H,33,36)/t18?,22?,24-,26?/m0/s1. The van der Waals surface area contributed by atoms with E-state index in [1.165, 1.54) is 18.3 Å². The molecule has 11 heteroatoms. The number of benzene rings is 1. The minimum atomic E-state index is -4.12. The van der Waals surface area contributed by atoms with Crippen LogP contribution in [-0.2, 0) is 16.4 Å². The fourth-order valence-electron chi connectivity index (χ4n) is 5.87. The summed E-state index contributed by atoms with van der Waals surface area (Å²) >= 11 is 0. The summed E-state index contributed by atoms with van der Waals surface area (Å²) in [6.07, 6.45) is -0.0435. The van der Waals surface area contributed by atoms with Crippen molar-refractivity contribution in [3.8, 4) is 0 Å². The number of sulfone groups is 1. The van der Waals surface area contributed by atoms with Crippen LogP contribution in [0.3, 0.4) is 0 Å². The lowest BCUT2D eigenvalue weighted by Gasteiger charge is -2.35. The highest BCUT2D eigenvalue weighted by atomic mass is 32.2. The molecule has 1 unspecified atom stereocenters. The molecule has 0 bridgehead atoms. The van der Waals surface area contributed by atoms with Crippen LogP contribution in [0, 0.1) is 17.8 Å². The van der Waals surface area contributed by atoms with E-state index >= 15 is 0 Å². The second-order valence-corrected chi connectivity index (χ2v) is 13.2. The Kier molecular flexibility index (Phi) is 8.73. The van der Waals surface area contributed by atoms with E-state index in [9.17, 15) is 31.5 Å². The first-order valence-electron chi connectivity index (χ1n) is 13.3. The number of amides is 1. The zero-order valence-electron chi connectivity index (χ0n) is 22.4. The quantitative estimate of drug-likeness (QED) is 0.474. The maximum Gasteiger partial charge on any atom is 0.391 e. The highest BCUT2D eigenvalue weighted by Crippen LogP contribution is 2.43. The smallest absolute Gasteiger partial charge is 0.391 e. The fraction of sp³-hybridized carbons (Fsp3) is 0.571. The van der Waals surface area contributed by atoms with Crippen molar-refractivity contribution in [2.24, 2.45) is 17.8 Å². The Balaban J connectivity index is 1.44. The normalized spacial score (nSPS) is 23.0. The van der Waals surface area contributed by atoms with Crippen molar-refractivity contribution in [2.75, 3.05) is 19.4 Å². The Bertz CT molecular complexity index is 1270. The molecule has 2 aliphatic rings. The van der Waals surface area contributed by atoms with Gasteiger partial charge in [-0.2, -0.15) is 13.2 Å². The number of pyridine rings is 1. The Morgan fingerprint density at radius 1 is 1.15 bits per heavy atom. The van der Waals surface area contributed by atoms with Crippen molar-refractivity contribution < 1.29 is 31.5 Å². The summed E-state index contributed by atoms with van der Waals surface area (Å²) in [5.41, 5.74) is 2.72. The van der Waals surface area contributed by atoms with E-state index in [1.54, 1.807) is 18.2 Å². The molecule has 0 saturated heterocycles. The third-order valence-electron chi connectivity index (χ3n) is 7.94. The predicted molar refractivity (Wildman–Crippen MR) is 141 cm³/mol. The average Bonchev–Trinajstić information content (AvgIpc) is 3.23. The Labute approximate surface area is 227 Å². The van der Waals surface area contributed by atoms with Gasteiger partial charge in [0, 0.05) is 25.5 Å². The number of carbonyl (C=O) groups excluding carboxylic acids is 1. The second-order valence-electron chi connectivity index (χ2n) is 11.2. The number of nitrogens with zero attached hydrogens (tertiary/aromatic N) is 2. The van der Waals surface area contributed by atoms with Gasteiger partial charge < -0.3 is 10.4 Å². The molecule has 2 aromatic rings. The van der Waals surface area contributed by atoms with Crippen LogP contribution in [0.15, 0.2) is 41.4 Å². The van der Waals surface area contributed by atoms with E-state index in [4.69, 9.17) is 0 Å². The Morgan fingerprint density at radius 2 is 1.79 bits per heavy atom. The number of fused-ring (bicyclic) bond motifs is 1. The highest BCUT2D eigenvalue weighted by molar-refractivity contribution is 7.90. The van der Waals surface area contributed by atoms with Gasteiger partial charge in [0.05, 0.1) is 40.8 Å². The van der Waals surface area contributed by atoms with Gasteiger partial charge in [0.25, 0.3) is 5.91 Å². The molecule has 39 heavy (non-hydrogen) atoms. The number of hydrogen-bond acceptors (Lipinski definition) is 6. The number of aliphatic hydroxyl groups is 1. The molecule has 1 fully saturated rings. The number of hydrogen-bond donors (Lipinski definition) is 2. The van der Waals surface area contributed by atoms with Crippen LogP contribution in [0.2, 0.25) is 0 Å².